The van der Waals surface area contributed by atoms with E-state index in [4.69, 9.17) is 4.74 Å². The first-order chi connectivity index (χ1) is 10.6. The van der Waals surface area contributed by atoms with Gasteiger partial charge >= 0.3 is 6.09 Å². The third kappa shape index (κ3) is 4.45. The number of aliphatic hydroxyl groups excluding tert-OH is 1. The Balaban J connectivity index is 1.82. The monoisotopic (exact) mass is 306 g/mol. The highest BCUT2D eigenvalue weighted by atomic mass is 16.6. The molecule has 122 valence electrons. The van der Waals surface area contributed by atoms with Crippen LogP contribution in [0.25, 0.3) is 0 Å². The number of likely N-dealkylation sites (tertiary alicyclic amines) is 1. The molecule has 1 saturated heterocycles. The lowest BCUT2D eigenvalue weighted by Crippen LogP contribution is -2.44. The van der Waals surface area contributed by atoms with Crippen molar-refractivity contribution in [1.29, 1.82) is 0 Å². The highest BCUT2D eigenvalue weighted by molar-refractivity contribution is 5.68. The van der Waals surface area contributed by atoms with Crippen LogP contribution in [0.2, 0.25) is 0 Å². The van der Waals surface area contributed by atoms with Gasteiger partial charge in [0.15, 0.2) is 0 Å². The standard InChI is InChI=1S/C17H26N2O3/c1-14(2)19(10-11-20)16-8-9-18(12-16)17(21)22-13-15-6-4-3-5-7-15/h3-7,14,16,20H,8-13H2,1-2H3/t16-/m1/s1. The molecule has 2 rings (SSSR count). The van der Waals surface area contributed by atoms with Crippen LogP contribution in [0.4, 0.5) is 4.79 Å². The zero-order valence-electron chi connectivity index (χ0n) is 13.4. The van der Waals surface area contributed by atoms with Gasteiger partial charge in [0.05, 0.1) is 6.61 Å². The second-order valence-corrected chi connectivity index (χ2v) is 5.98. The second kappa shape index (κ2) is 8.15. The Labute approximate surface area is 132 Å². The molecule has 0 unspecified atom stereocenters. The molecule has 22 heavy (non-hydrogen) atoms. The summed E-state index contributed by atoms with van der Waals surface area (Å²) in [7, 11) is 0. The van der Waals surface area contributed by atoms with Gasteiger partial charge in [0, 0.05) is 31.7 Å². The van der Waals surface area contributed by atoms with Crippen LogP contribution in [0.15, 0.2) is 30.3 Å². The number of carbonyl (C=O) groups is 1. The van der Waals surface area contributed by atoms with E-state index in [1.807, 2.05) is 30.3 Å². The molecule has 1 amide bonds. The Morgan fingerprint density at radius 3 is 2.77 bits per heavy atom. The van der Waals surface area contributed by atoms with E-state index in [9.17, 15) is 9.90 Å². The number of hydrogen-bond acceptors (Lipinski definition) is 4. The Bertz CT molecular complexity index is 464. The second-order valence-electron chi connectivity index (χ2n) is 5.98. The molecule has 1 aliphatic heterocycles. The number of hydrogen-bond donors (Lipinski definition) is 1. The molecule has 1 fully saturated rings. The molecule has 0 bridgehead atoms. The summed E-state index contributed by atoms with van der Waals surface area (Å²) in [5.41, 5.74) is 0.996. The smallest absolute Gasteiger partial charge is 0.410 e. The van der Waals surface area contributed by atoms with Crippen molar-refractivity contribution in [1.82, 2.24) is 9.80 Å². The third-order valence-electron chi connectivity index (χ3n) is 4.12. The number of amides is 1. The van der Waals surface area contributed by atoms with Crippen LogP contribution in [-0.4, -0.2) is 59.3 Å². The summed E-state index contributed by atoms with van der Waals surface area (Å²) in [6.07, 6.45) is 0.678. The highest BCUT2D eigenvalue weighted by Crippen LogP contribution is 2.19. The summed E-state index contributed by atoms with van der Waals surface area (Å²) in [5, 5.41) is 9.18. The van der Waals surface area contributed by atoms with Gasteiger partial charge in [0.2, 0.25) is 0 Å². The number of rotatable bonds is 6. The van der Waals surface area contributed by atoms with Gasteiger partial charge in [-0.2, -0.15) is 0 Å². The molecule has 1 heterocycles. The predicted octanol–water partition coefficient (Wildman–Crippen LogP) is 2.10. The zero-order chi connectivity index (χ0) is 15.9. The fourth-order valence-electron chi connectivity index (χ4n) is 2.97. The predicted molar refractivity (Wildman–Crippen MR) is 85.5 cm³/mol. The van der Waals surface area contributed by atoms with Gasteiger partial charge < -0.3 is 14.7 Å². The summed E-state index contributed by atoms with van der Waals surface area (Å²) in [4.78, 5) is 16.2. The van der Waals surface area contributed by atoms with Crippen LogP contribution in [-0.2, 0) is 11.3 Å². The summed E-state index contributed by atoms with van der Waals surface area (Å²) in [5.74, 6) is 0. The van der Waals surface area contributed by atoms with Crippen LogP contribution in [0.3, 0.4) is 0 Å². The fourth-order valence-corrected chi connectivity index (χ4v) is 2.97. The molecule has 5 heteroatoms. The van der Waals surface area contributed by atoms with Crippen molar-refractivity contribution in [3.05, 3.63) is 35.9 Å². The molecule has 0 saturated carbocycles. The van der Waals surface area contributed by atoms with E-state index in [2.05, 4.69) is 18.7 Å². The van der Waals surface area contributed by atoms with Crippen LogP contribution in [0.1, 0.15) is 25.8 Å². The lowest BCUT2D eigenvalue weighted by molar-refractivity contribution is 0.0928. The maximum atomic E-state index is 12.2. The molecule has 1 N–H and O–H groups in total. The zero-order valence-corrected chi connectivity index (χ0v) is 13.4. The van der Waals surface area contributed by atoms with E-state index >= 15 is 0 Å². The van der Waals surface area contributed by atoms with E-state index in [1.54, 1.807) is 4.90 Å². The molecule has 1 aliphatic rings. The molecule has 5 nitrogen and oxygen atoms in total. The van der Waals surface area contributed by atoms with Crippen molar-refractivity contribution < 1.29 is 14.6 Å². The van der Waals surface area contributed by atoms with Gasteiger partial charge in [0.1, 0.15) is 6.61 Å². The normalized spacial score (nSPS) is 18.2. The van der Waals surface area contributed by atoms with Gasteiger partial charge in [-0.3, -0.25) is 4.90 Å². The maximum absolute atomic E-state index is 12.2. The number of nitrogens with zero attached hydrogens (tertiary/aromatic N) is 2. The molecular weight excluding hydrogens is 280 g/mol. The Kier molecular flexibility index (Phi) is 6.21. The molecule has 0 aromatic heterocycles. The van der Waals surface area contributed by atoms with E-state index in [0.717, 1.165) is 12.0 Å². The van der Waals surface area contributed by atoms with Crippen LogP contribution in [0.5, 0.6) is 0 Å². The highest BCUT2D eigenvalue weighted by Gasteiger charge is 2.32. The van der Waals surface area contributed by atoms with Gasteiger partial charge in [-0.1, -0.05) is 30.3 Å². The molecular formula is C17H26N2O3. The fraction of sp³-hybridized carbons (Fsp3) is 0.588. The summed E-state index contributed by atoms with van der Waals surface area (Å²) in [6.45, 7) is 6.73. The van der Waals surface area contributed by atoms with Crippen molar-refractivity contribution in [2.75, 3.05) is 26.2 Å². The SMILES string of the molecule is CC(C)N(CCO)[C@@H]1CCN(C(=O)OCc2ccccc2)C1. The Hall–Kier alpha value is -1.59. The lowest BCUT2D eigenvalue weighted by Gasteiger charge is -2.31. The third-order valence-corrected chi connectivity index (χ3v) is 4.12. The minimum absolute atomic E-state index is 0.146. The van der Waals surface area contributed by atoms with Crippen LogP contribution in [0, 0.1) is 0 Å². The summed E-state index contributed by atoms with van der Waals surface area (Å²) >= 11 is 0. The van der Waals surface area contributed by atoms with Crippen molar-refractivity contribution in [3.8, 4) is 0 Å². The Morgan fingerprint density at radius 1 is 1.41 bits per heavy atom. The number of ether oxygens (including phenoxy) is 1. The van der Waals surface area contributed by atoms with E-state index in [1.165, 1.54) is 0 Å². The van der Waals surface area contributed by atoms with Gasteiger partial charge in [0.25, 0.3) is 0 Å². The van der Waals surface area contributed by atoms with Gasteiger partial charge in [-0.05, 0) is 25.8 Å². The largest absolute Gasteiger partial charge is 0.445 e. The molecule has 1 aromatic rings. The molecule has 1 atom stereocenters. The quantitative estimate of drug-likeness (QED) is 0.874. The van der Waals surface area contributed by atoms with Gasteiger partial charge in [-0.15, -0.1) is 0 Å². The Morgan fingerprint density at radius 2 is 2.14 bits per heavy atom. The maximum Gasteiger partial charge on any atom is 0.410 e. The van der Waals surface area contributed by atoms with E-state index < -0.39 is 0 Å². The average molecular weight is 306 g/mol. The first-order valence-corrected chi connectivity index (χ1v) is 7.94. The summed E-state index contributed by atoms with van der Waals surface area (Å²) < 4.78 is 5.38. The average Bonchev–Trinajstić information content (AvgIpc) is 3.00. The van der Waals surface area contributed by atoms with Crippen molar-refractivity contribution >= 4 is 6.09 Å². The minimum Gasteiger partial charge on any atom is -0.445 e. The van der Waals surface area contributed by atoms with Crippen molar-refractivity contribution in [2.45, 2.75) is 39.0 Å². The molecule has 0 radical (unpaired) electrons. The van der Waals surface area contributed by atoms with E-state index in [0.29, 0.717) is 38.3 Å². The first-order valence-electron chi connectivity index (χ1n) is 7.94. The summed E-state index contributed by atoms with van der Waals surface area (Å²) in [6, 6.07) is 10.4. The molecule has 0 aliphatic carbocycles. The number of aliphatic hydroxyl groups is 1. The molecule has 1 aromatic carbocycles. The topological polar surface area (TPSA) is 53.0 Å². The van der Waals surface area contributed by atoms with Gasteiger partial charge in [-0.25, -0.2) is 4.79 Å². The minimum atomic E-state index is -0.251. The molecule has 0 spiro atoms. The lowest BCUT2D eigenvalue weighted by atomic mass is 10.2. The van der Waals surface area contributed by atoms with Crippen molar-refractivity contribution in [3.63, 3.8) is 0 Å². The van der Waals surface area contributed by atoms with Crippen LogP contribution >= 0.6 is 0 Å². The first kappa shape index (κ1) is 16.8. The number of benzene rings is 1. The van der Waals surface area contributed by atoms with E-state index in [-0.39, 0.29) is 12.7 Å². The number of carbonyl (C=O) groups excluding carboxylic acids is 1. The van der Waals surface area contributed by atoms with Crippen molar-refractivity contribution in [2.24, 2.45) is 0 Å². The van der Waals surface area contributed by atoms with Crippen LogP contribution < -0.4 is 0 Å².